The molecule has 1 aliphatic heterocycles. The first-order chi connectivity index (χ1) is 11.9. The summed E-state index contributed by atoms with van der Waals surface area (Å²) in [7, 11) is 0. The van der Waals surface area contributed by atoms with Crippen molar-refractivity contribution in [1.29, 1.82) is 0 Å². The summed E-state index contributed by atoms with van der Waals surface area (Å²) in [6.07, 6.45) is 12.3. The summed E-state index contributed by atoms with van der Waals surface area (Å²) >= 11 is 0. The van der Waals surface area contributed by atoms with E-state index in [1.807, 2.05) is 6.08 Å². The van der Waals surface area contributed by atoms with Crippen LogP contribution in [0.25, 0.3) is 0 Å². The van der Waals surface area contributed by atoms with Crippen LogP contribution >= 0.6 is 0 Å². The van der Waals surface area contributed by atoms with Crippen LogP contribution in [0.15, 0.2) is 11.6 Å². The Bertz CT molecular complexity index is 679. The summed E-state index contributed by atoms with van der Waals surface area (Å²) < 4.78 is 6.01. The van der Waals surface area contributed by atoms with Crippen LogP contribution in [0.1, 0.15) is 78.1 Å². The highest BCUT2D eigenvalue weighted by Crippen LogP contribution is 2.69. The summed E-state index contributed by atoms with van der Waals surface area (Å²) in [5, 5.41) is 0. The first-order valence-electron chi connectivity index (χ1n) is 10.3. The van der Waals surface area contributed by atoms with Crippen molar-refractivity contribution < 1.29 is 14.3 Å². The van der Waals surface area contributed by atoms with E-state index < -0.39 is 0 Å². The molecule has 1 saturated heterocycles. The molecule has 0 N–H and O–H groups in total. The lowest BCUT2D eigenvalue weighted by Crippen LogP contribution is -2.54. The summed E-state index contributed by atoms with van der Waals surface area (Å²) in [5.74, 6) is 2.51. The van der Waals surface area contributed by atoms with Crippen molar-refractivity contribution in [3.63, 3.8) is 0 Å². The summed E-state index contributed by atoms with van der Waals surface area (Å²) in [4.78, 5) is 23.8. The SMILES string of the molecule is C[C@]12CC[C@H]3[C@H](CCC4=CC(=O)CC[C@]43C)[C@H]1CC[C@]21CCC(=O)O1. The van der Waals surface area contributed by atoms with Crippen molar-refractivity contribution in [2.75, 3.05) is 0 Å². The quantitative estimate of drug-likeness (QED) is 0.605. The molecular weight excluding hydrogens is 312 g/mol. The predicted octanol–water partition coefficient (Wildman–Crippen LogP) is 4.59. The monoisotopic (exact) mass is 342 g/mol. The number of carbonyl (C=O) groups is 2. The number of rotatable bonds is 0. The molecule has 5 aliphatic rings. The van der Waals surface area contributed by atoms with Crippen molar-refractivity contribution in [3.8, 4) is 0 Å². The largest absolute Gasteiger partial charge is 0.458 e. The third-order valence-electron chi connectivity index (χ3n) is 9.29. The predicted molar refractivity (Wildman–Crippen MR) is 94.8 cm³/mol. The molecule has 6 atom stereocenters. The van der Waals surface area contributed by atoms with Crippen molar-refractivity contribution in [2.24, 2.45) is 28.6 Å². The number of ketones is 1. The molecule has 0 aromatic heterocycles. The number of hydrogen-bond donors (Lipinski definition) is 0. The molecular formula is C22H30O3. The second-order valence-electron chi connectivity index (χ2n) is 9.93. The maximum atomic E-state index is 11.9. The Morgan fingerprint density at radius 1 is 0.920 bits per heavy atom. The fourth-order valence-electron chi connectivity index (χ4n) is 7.85. The second-order valence-corrected chi connectivity index (χ2v) is 9.93. The zero-order valence-corrected chi connectivity index (χ0v) is 15.6. The molecule has 0 aromatic carbocycles. The summed E-state index contributed by atoms with van der Waals surface area (Å²) in [5.41, 5.74) is 1.68. The van der Waals surface area contributed by atoms with Crippen LogP contribution in [0.2, 0.25) is 0 Å². The maximum absolute atomic E-state index is 11.9. The van der Waals surface area contributed by atoms with Crippen LogP contribution in [-0.4, -0.2) is 17.4 Å². The van der Waals surface area contributed by atoms with Crippen LogP contribution in [0.5, 0.6) is 0 Å². The van der Waals surface area contributed by atoms with Crippen LogP contribution in [0.3, 0.4) is 0 Å². The highest BCUT2D eigenvalue weighted by molar-refractivity contribution is 5.91. The van der Waals surface area contributed by atoms with E-state index in [0.717, 1.165) is 38.0 Å². The lowest BCUT2D eigenvalue weighted by molar-refractivity contribution is -0.168. The van der Waals surface area contributed by atoms with Gasteiger partial charge in [-0.15, -0.1) is 0 Å². The number of ether oxygens (including phenoxy) is 1. The Hall–Kier alpha value is -1.12. The molecule has 1 spiro atoms. The van der Waals surface area contributed by atoms with E-state index in [0.29, 0.717) is 24.0 Å². The Morgan fingerprint density at radius 2 is 1.72 bits per heavy atom. The Kier molecular flexibility index (Phi) is 3.21. The molecule has 5 rings (SSSR count). The number of carbonyl (C=O) groups excluding carboxylic acids is 2. The molecule has 1 heterocycles. The standard InChI is InChI=1S/C22H30O3/c1-20-9-5-15(23)13-14(20)3-4-16-17(20)6-10-21(2)18(16)7-11-22(21)12-8-19(24)25-22/h13,16-18H,3-12H2,1-2H3/t16-,17-,18+,20+,21-,22-/m0/s1. The molecule has 25 heavy (non-hydrogen) atoms. The third kappa shape index (κ3) is 1.93. The number of esters is 1. The fourth-order valence-corrected chi connectivity index (χ4v) is 7.85. The lowest BCUT2D eigenvalue weighted by Gasteiger charge is -2.59. The average Bonchev–Trinajstić information content (AvgIpc) is 3.10. The van der Waals surface area contributed by atoms with Gasteiger partial charge in [0.25, 0.3) is 0 Å². The minimum atomic E-state index is -0.167. The van der Waals surface area contributed by atoms with Gasteiger partial charge in [0.1, 0.15) is 5.60 Å². The lowest BCUT2D eigenvalue weighted by atomic mass is 9.46. The molecule has 3 saturated carbocycles. The van der Waals surface area contributed by atoms with Crippen LogP contribution in [0.4, 0.5) is 0 Å². The molecule has 3 nitrogen and oxygen atoms in total. The first kappa shape index (κ1) is 16.1. The number of allylic oxidation sites excluding steroid dienone is 1. The van der Waals surface area contributed by atoms with E-state index in [-0.39, 0.29) is 22.4 Å². The van der Waals surface area contributed by atoms with Crippen molar-refractivity contribution in [3.05, 3.63) is 11.6 Å². The van der Waals surface area contributed by atoms with E-state index in [1.54, 1.807) is 0 Å². The van der Waals surface area contributed by atoms with Gasteiger partial charge in [0.15, 0.2) is 5.78 Å². The fraction of sp³-hybridized carbons (Fsp3) is 0.818. The first-order valence-corrected chi connectivity index (χ1v) is 10.3. The van der Waals surface area contributed by atoms with E-state index in [1.165, 1.54) is 31.3 Å². The van der Waals surface area contributed by atoms with Gasteiger partial charge < -0.3 is 4.74 Å². The van der Waals surface area contributed by atoms with Crippen molar-refractivity contribution in [2.45, 2.75) is 83.7 Å². The van der Waals surface area contributed by atoms with E-state index >= 15 is 0 Å². The molecule has 0 radical (unpaired) electrons. The average molecular weight is 342 g/mol. The molecule has 0 aromatic rings. The van der Waals surface area contributed by atoms with E-state index in [4.69, 9.17) is 4.74 Å². The molecule has 0 amide bonds. The summed E-state index contributed by atoms with van der Waals surface area (Å²) in [6.45, 7) is 4.86. The molecule has 136 valence electrons. The van der Waals surface area contributed by atoms with Crippen LogP contribution in [-0.2, 0) is 14.3 Å². The van der Waals surface area contributed by atoms with Gasteiger partial charge in [0.05, 0.1) is 0 Å². The smallest absolute Gasteiger partial charge is 0.306 e. The molecule has 0 unspecified atom stereocenters. The Balaban J connectivity index is 1.49. The zero-order valence-electron chi connectivity index (χ0n) is 15.6. The second kappa shape index (κ2) is 4.98. The van der Waals surface area contributed by atoms with Gasteiger partial charge in [-0.1, -0.05) is 19.4 Å². The third-order valence-corrected chi connectivity index (χ3v) is 9.29. The zero-order chi connectivity index (χ0) is 17.4. The summed E-state index contributed by atoms with van der Waals surface area (Å²) in [6, 6.07) is 0. The van der Waals surface area contributed by atoms with Gasteiger partial charge >= 0.3 is 5.97 Å². The van der Waals surface area contributed by atoms with Gasteiger partial charge in [-0.05, 0) is 80.6 Å². The van der Waals surface area contributed by atoms with Gasteiger partial charge in [-0.2, -0.15) is 0 Å². The number of fused-ring (bicyclic) bond motifs is 6. The van der Waals surface area contributed by atoms with Gasteiger partial charge in [0, 0.05) is 18.3 Å². The normalized spacial score (nSPS) is 51.6. The van der Waals surface area contributed by atoms with Gasteiger partial charge in [0.2, 0.25) is 0 Å². The highest BCUT2D eigenvalue weighted by atomic mass is 16.6. The van der Waals surface area contributed by atoms with Crippen LogP contribution in [0, 0.1) is 28.6 Å². The molecule has 0 bridgehead atoms. The van der Waals surface area contributed by atoms with Gasteiger partial charge in [-0.25, -0.2) is 0 Å². The minimum Gasteiger partial charge on any atom is -0.458 e. The molecule has 4 fully saturated rings. The molecule has 3 heteroatoms. The minimum absolute atomic E-state index is 0.0237. The van der Waals surface area contributed by atoms with Crippen molar-refractivity contribution >= 4 is 11.8 Å². The Labute approximate surface area is 150 Å². The molecule has 4 aliphatic carbocycles. The number of hydrogen-bond acceptors (Lipinski definition) is 3. The van der Waals surface area contributed by atoms with E-state index in [2.05, 4.69) is 13.8 Å². The highest BCUT2D eigenvalue weighted by Gasteiger charge is 2.66. The van der Waals surface area contributed by atoms with Gasteiger partial charge in [-0.3, -0.25) is 9.59 Å². The van der Waals surface area contributed by atoms with E-state index in [9.17, 15) is 9.59 Å². The topological polar surface area (TPSA) is 43.4 Å². The van der Waals surface area contributed by atoms with Crippen LogP contribution < -0.4 is 0 Å². The maximum Gasteiger partial charge on any atom is 0.306 e. The van der Waals surface area contributed by atoms with Crippen molar-refractivity contribution in [1.82, 2.24) is 0 Å². The Morgan fingerprint density at radius 3 is 2.48 bits per heavy atom.